The molecule has 1 aromatic rings. The second-order valence-corrected chi connectivity index (χ2v) is 4.35. The third-order valence-electron chi connectivity index (χ3n) is 3.00. The number of hydrogen-bond acceptors (Lipinski definition) is 4. The maximum Gasteiger partial charge on any atom is 0.332 e. The van der Waals surface area contributed by atoms with E-state index in [1.54, 1.807) is 6.92 Å². The summed E-state index contributed by atoms with van der Waals surface area (Å²) >= 11 is 0. The Morgan fingerprint density at radius 2 is 2.11 bits per heavy atom. The van der Waals surface area contributed by atoms with Gasteiger partial charge in [0, 0.05) is 6.42 Å². The van der Waals surface area contributed by atoms with Crippen LogP contribution >= 0.6 is 0 Å². The third kappa shape index (κ3) is 3.09. The maximum atomic E-state index is 11.8. The monoisotopic (exact) mass is 261 g/mol. The van der Waals surface area contributed by atoms with Crippen molar-refractivity contribution < 1.29 is 14.3 Å². The maximum absolute atomic E-state index is 11.8. The summed E-state index contributed by atoms with van der Waals surface area (Å²) in [6.45, 7) is 1.68. The molecule has 1 aliphatic heterocycles. The van der Waals surface area contributed by atoms with E-state index >= 15 is 0 Å². The fraction of sp³-hybridized carbons (Fsp3) is 0.308. The molecule has 6 heteroatoms. The summed E-state index contributed by atoms with van der Waals surface area (Å²) in [4.78, 5) is 22.4. The number of amides is 2. The van der Waals surface area contributed by atoms with E-state index in [0.717, 1.165) is 5.56 Å². The van der Waals surface area contributed by atoms with Crippen molar-refractivity contribution in [3.8, 4) is 0 Å². The van der Waals surface area contributed by atoms with Gasteiger partial charge in [-0.15, -0.1) is 0 Å². The number of ether oxygens (including phenoxy) is 1. The Hall–Kier alpha value is -2.37. The largest absolute Gasteiger partial charge is 0.456 e. The minimum Gasteiger partial charge on any atom is -0.456 e. The minimum atomic E-state index is -0.747. The molecule has 0 unspecified atom stereocenters. The van der Waals surface area contributed by atoms with Crippen LogP contribution in [0.2, 0.25) is 0 Å². The lowest BCUT2D eigenvalue weighted by atomic mass is 9.95. The molecule has 2 rings (SSSR count). The number of primary amides is 1. The molecule has 2 amide bonds. The molecule has 1 aliphatic rings. The zero-order chi connectivity index (χ0) is 13.8. The number of nitrogens with two attached hydrogens (primary N) is 1. The molecular formula is C13H15N3O3. The van der Waals surface area contributed by atoms with Crippen LogP contribution in [0.5, 0.6) is 0 Å². The van der Waals surface area contributed by atoms with Gasteiger partial charge in [0.1, 0.15) is 6.10 Å². The highest BCUT2D eigenvalue weighted by Gasteiger charge is 2.36. The number of nitrogens with zero attached hydrogens (tertiary/aromatic N) is 1. The van der Waals surface area contributed by atoms with Crippen LogP contribution in [-0.4, -0.2) is 23.8 Å². The van der Waals surface area contributed by atoms with Gasteiger partial charge in [0.05, 0.1) is 11.6 Å². The summed E-state index contributed by atoms with van der Waals surface area (Å²) < 4.78 is 5.26. The van der Waals surface area contributed by atoms with Crippen LogP contribution in [-0.2, 0) is 9.53 Å². The van der Waals surface area contributed by atoms with Gasteiger partial charge in [0.25, 0.3) is 0 Å². The Labute approximate surface area is 110 Å². The van der Waals surface area contributed by atoms with Crippen molar-refractivity contribution in [3.05, 3.63) is 35.9 Å². The number of hydrazone groups is 1. The highest BCUT2D eigenvalue weighted by atomic mass is 16.6. The van der Waals surface area contributed by atoms with E-state index in [1.807, 2.05) is 30.3 Å². The van der Waals surface area contributed by atoms with Crippen LogP contribution in [0.3, 0.4) is 0 Å². The summed E-state index contributed by atoms with van der Waals surface area (Å²) in [6, 6.07) is 8.69. The Kier molecular flexibility index (Phi) is 3.79. The number of hydrogen-bond donors (Lipinski definition) is 2. The number of esters is 1. The van der Waals surface area contributed by atoms with Gasteiger partial charge in [-0.1, -0.05) is 30.3 Å². The predicted octanol–water partition coefficient (Wildman–Crippen LogP) is 1.13. The molecule has 6 nitrogen and oxygen atoms in total. The van der Waals surface area contributed by atoms with Crippen LogP contribution in [0.25, 0.3) is 0 Å². The van der Waals surface area contributed by atoms with Gasteiger partial charge in [-0.25, -0.2) is 10.2 Å². The van der Waals surface area contributed by atoms with Gasteiger partial charge in [-0.05, 0) is 12.5 Å². The van der Waals surface area contributed by atoms with Crippen LogP contribution in [0.4, 0.5) is 4.79 Å². The van der Waals surface area contributed by atoms with Crippen molar-refractivity contribution >= 4 is 17.7 Å². The van der Waals surface area contributed by atoms with Crippen molar-refractivity contribution in [1.82, 2.24) is 5.43 Å². The summed E-state index contributed by atoms with van der Waals surface area (Å²) in [5.74, 6) is -0.560. The molecular weight excluding hydrogens is 246 g/mol. The van der Waals surface area contributed by atoms with Gasteiger partial charge >= 0.3 is 12.0 Å². The Bertz CT molecular complexity index is 513. The molecule has 3 N–H and O–H groups in total. The van der Waals surface area contributed by atoms with Crippen LogP contribution in [0.1, 0.15) is 24.8 Å². The van der Waals surface area contributed by atoms with Crippen LogP contribution < -0.4 is 11.2 Å². The Morgan fingerprint density at radius 3 is 2.74 bits per heavy atom. The summed E-state index contributed by atoms with van der Waals surface area (Å²) in [5.41, 5.74) is 8.49. The zero-order valence-corrected chi connectivity index (χ0v) is 10.5. The molecule has 1 aromatic carbocycles. The Balaban J connectivity index is 2.07. The average Bonchev–Trinajstić information content (AvgIpc) is 2.79. The summed E-state index contributed by atoms with van der Waals surface area (Å²) in [6.07, 6.45) is 0.0862. The Morgan fingerprint density at radius 1 is 1.42 bits per heavy atom. The van der Waals surface area contributed by atoms with Crippen molar-refractivity contribution in [3.63, 3.8) is 0 Å². The molecule has 0 aliphatic carbocycles. The highest BCUT2D eigenvalue weighted by Crippen LogP contribution is 2.31. The average molecular weight is 261 g/mol. The first kappa shape index (κ1) is 13.1. The van der Waals surface area contributed by atoms with Gasteiger partial charge in [0.15, 0.2) is 0 Å². The standard InChI is InChI=1S/C13H15N3O3/c1-8(15-16-13(14)18)11-7-10(12(17)19-11)9-5-3-2-4-6-9/h2-6,10-11H,7H2,1H3,(H3,14,16,18)/b15-8-/t10-,11+/m0/s1. The van der Waals surface area contributed by atoms with E-state index in [4.69, 9.17) is 10.5 Å². The fourth-order valence-electron chi connectivity index (χ4n) is 2.01. The molecule has 1 fully saturated rings. The molecule has 1 saturated heterocycles. The van der Waals surface area contributed by atoms with Gasteiger partial charge in [-0.3, -0.25) is 4.79 Å². The highest BCUT2D eigenvalue weighted by molar-refractivity contribution is 5.93. The molecule has 0 spiro atoms. The second kappa shape index (κ2) is 5.51. The number of urea groups is 1. The third-order valence-corrected chi connectivity index (χ3v) is 3.00. The predicted molar refractivity (Wildman–Crippen MR) is 69.5 cm³/mol. The summed E-state index contributed by atoms with van der Waals surface area (Å²) in [7, 11) is 0. The number of nitrogens with one attached hydrogen (secondary N) is 1. The number of cyclic esters (lactones) is 1. The molecule has 0 bridgehead atoms. The first-order valence-corrected chi connectivity index (χ1v) is 5.93. The van der Waals surface area contributed by atoms with Crippen molar-refractivity contribution in [2.24, 2.45) is 10.8 Å². The molecule has 19 heavy (non-hydrogen) atoms. The zero-order valence-electron chi connectivity index (χ0n) is 10.5. The van der Waals surface area contributed by atoms with E-state index in [-0.39, 0.29) is 11.9 Å². The molecule has 100 valence electrons. The lowest BCUT2D eigenvalue weighted by Crippen LogP contribution is -2.28. The van der Waals surface area contributed by atoms with Gasteiger partial charge in [-0.2, -0.15) is 5.10 Å². The van der Waals surface area contributed by atoms with Crippen molar-refractivity contribution in [2.45, 2.75) is 25.4 Å². The SMILES string of the molecule is C/C(=N/NC(N)=O)[C@H]1C[C@@H](c2ccccc2)C(=O)O1. The van der Waals surface area contributed by atoms with E-state index in [1.165, 1.54) is 0 Å². The molecule has 2 atom stereocenters. The van der Waals surface area contributed by atoms with Crippen LogP contribution in [0.15, 0.2) is 35.4 Å². The first-order valence-electron chi connectivity index (χ1n) is 5.93. The first-order chi connectivity index (χ1) is 9.08. The second-order valence-electron chi connectivity index (χ2n) is 4.35. The lowest BCUT2D eigenvalue weighted by Gasteiger charge is -2.07. The van der Waals surface area contributed by atoms with Gasteiger partial charge in [0.2, 0.25) is 0 Å². The minimum absolute atomic E-state index is 0.273. The van der Waals surface area contributed by atoms with Crippen molar-refractivity contribution in [1.29, 1.82) is 0 Å². The van der Waals surface area contributed by atoms with Crippen molar-refractivity contribution in [2.75, 3.05) is 0 Å². The number of carbonyl (C=O) groups is 2. The molecule has 0 radical (unpaired) electrons. The lowest BCUT2D eigenvalue weighted by molar-refractivity contribution is -0.140. The topological polar surface area (TPSA) is 93.8 Å². The van der Waals surface area contributed by atoms with E-state index in [2.05, 4.69) is 10.5 Å². The normalized spacial score (nSPS) is 23.0. The van der Waals surface area contributed by atoms with E-state index < -0.39 is 12.1 Å². The smallest absolute Gasteiger partial charge is 0.332 e. The molecule has 0 saturated carbocycles. The number of carbonyl (C=O) groups excluding carboxylic acids is 2. The fourth-order valence-corrected chi connectivity index (χ4v) is 2.01. The van der Waals surface area contributed by atoms with Gasteiger partial charge < -0.3 is 10.5 Å². The molecule has 0 aromatic heterocycles. The summed E-state index contributed by atoms with van der Waals surface area (Å²) in [5, 5.41) is 3.78. The van der Waals surface area contributed by atoms with E-state index in [9.17, 15) is 9.59 Å². The quantitative estimate of drug-likeness (QED) is 0.485. The molecule has 1 heterocycles. The number of benzene rings is 1. The van der Waals surface area contributed by atoms with E-state index in [0.29, 0.717) is 12.1 Å². The number of rotatable bonds is 3. The van der Waals surface area contributed by atoms with Crippen LogP contribution in [0, 0.1) is 0 Å².